The van der Waals surface area contributed by atoms with Gasteiger partial charge in [-0.3, -0.25) is 14.6 Å². The van der Waals surface area contributed by atoms with Gasteiger partial charge in [0.1, 0.15) is 5.82 Å². The molecule has 23 heavy (non-hydrogen) atoms. The number of rotatable bonds is 6. The summed E-state index contributed by atoms with van der Waals surface area (Å²) in [5.41, 5.74) is 0.461. The lowest BCUT2D eigenvalue weighted by molar-refractivity contribution is 0.0936. The Morgan fingerprint density at radius 3 is 2.57 bits per heavy atom. The van der Waals surface area contributed by atoms with E-state index in [4.69, 9.17) is 4.74 Å². The normalized spacial score (nSPS) is 10.2. The first kappa shape index (κ1) is 16.6. The Morgan fingerprint density at radius 2 is 1.87 bits per heavy atom. The minimum atomic E-state index is -0.547. The van der Waals surface area contributed by atoms with E-state index in [1.807, 2.05) is 0 Å². The number of benzene rings is 1. The highest BCUT2D eigenvalue weighted by Crippen LogP contribution is 2.14. The molecule has 2 amide bonds. The van der Waals surface area contributed by atoms with Gasteiger partial charge in [-0.15, -0.1) is 0 Å². The fourth-order valence-corrected chi connectivity index (χ4v) is 1.81. The molecule has 0 saturated carbocycles. The molecule has 1 heterocycles. The summed E-state index contributed by atoms with van der Waals surface area (Å²) < 4.78 is 18.4. The summed E-state index contributed by atoms with van der Waals surface area (Å²) in [6, 6.07) is 7.22. The number of ether oxygens (including phenoxy) is 1. The van der Waals surface area contributed by atoms with Gasteiger partial charge in [-0.2, -0.15) is 0 Å². The van der Waals surface area contributed by atoms with E-state index in [1.54, 1.807) is 6.07 Å². The molecule has 2 N–H and O–H groups in total. The number of nitrogens with one attached hydrogen (secondary N) is 2. The molecule has 7 heteroatoms. The largest absolute Gasteiger partial charge is 0.383 e. The van der Waals surface area contributed by atoms with Crippen molar-refractivity contribution < 1.29 is 18.7 Å². The summed E-state index contributed by atoms with van der Waals surface area (Å²) >= 11 is 0. The molecule has 0 aliphatic heterocycles. The lowest BCUT2D eigenvalue weighted by Gasteiger charge is -2.08. The number of anilines is 1. The molecular weight excluding hydrogens is 301 g/mol. The van der Waals surface area contributed by atoms with Gasteiger partial charge in [-0.1, -0.05) is 12.1 Å². The Balaban J connectivity index is 2.08. The third kappa shape index (κ3) is 4.58. The summed E-state index contributed by atoms with van der Waals surface area (Å²) in [4.78, 5) is 27.9. The molecular formula is C16H16FN3O3. The maximum Gasteiger partial charge on any atom is 0.257 e. The van der Waals surface area contributed by atoms with Crippen molar-refractivity contribution in [3.05, 3.63) is 59.7 Å². The number of halogens is 1. The van der Waals surface area contributed by atoms with Gasteiger partial charge in [-0.25, -0.2) is 4.39 Å². The van der Waals surface area contributed by atoms with Crippen LogP contribution in [0.2, 0.25) is 0 Å². The van der Waals surface area contributed by atoms with Crippen LogP contribution in [0.3, 0.4) is 0 Å². The summed E-state index contributed by atoms with van der Waals surface area (Å²) in [7, 11) is 1.53. The van der Waals surface area contributed by atoms with Crippen LogP contribution < -0.4 is 10.6 Å². The number of carbonyl (C=O) groups is 2. The zero-order chi connectivity index (χ0) is 16.7. The molecule has 0 unspecified atom stereocenters. The molecule has 1 aromatic heterocycles. The second-order valence-electron chi connectivity index (χ2n) is 4.64. The number of hydrogen-bond donors (Lipinski definition) is 2. The molecule has 0 aliphatic rings. The Bertz CT molecular complexity index is 706. The molecule has 0 fully saturated rings. The minimum Gasteiger partial charge on any atom is -0.383 e. The summed E-state index contributed by atoms with van der Waals surface area (Å²) in [5.74, 6) is -1.45. The van der Waals surface area contributed by atoms with Crippen molar-refractivity contribution in [2.24, 2.45) is 0 Å². The first-order valence-corrected chi connectivity index (χ1v) is 6.90. The highest BCUT2D eigenvalue weighted by molar-refractivity contribution is 6.05. The van der Waals surface area contributed by atoms with Crippen LogP contribution >= 0.6 is 0 Å². The molecule has 6 nitrogen and oxygen atoms in total. The monoisotopic (exact) mass is 317 g/mol. The molecule has 0 saturated heterocycles. The highest BCUT2D eigenvalue weighted by atomic mass is 19.1. The molecule has 0 spiro atoms. The van der Waals surface area contributed by atoms with E-state index < -0.39 is 11.7 Å². The van der Waals surface area contributed by atoms with Crippen LogP contribution in [0.25, 0.3) is 0 Å². The van der Waals surface area contributed by atoms with Crippen molar-refractivity contribution in [3.8, 4) is 0 Å². The van der Waals surface area contributed by atoms with E-state index in [2.05, 4.69) is 15.6 Å². The summed E-state index contributed by atoms with van der Waals surface area (Å²) in [6.45, 7) is 0.730. The standard InChI is InChI=1S/C16H16FN3O3/c1-23-7-6-19-15(21)11-8-12(10-18-9-11)16(22)20-14-5-3-2-4-13(14)17/h2-5,8-10H,6-7H2,1H3,(H,19,21)(H,20,22). The smallest absolute Gasteiger partial charge is 0.257 e. The zero-order valence-electron chi connectivity index (χ0n) is 12.5. The van der Waals surface area contributed by atoms with Crippen molar-refractivity contribution in [3.63, 3.8) is 0 Å². The zero-order valence-corrected chi connectivity index (χ0v) is 12.5. The van der Waals surface area contributed by atoms with E-state index in [9.17, 15) is 14.0 Å². The first-order chi connectivity index (χ1) is 11.1. The van der Waals surface area contributed by atoms with Gasteiger partial charge in [-0.05, 0) is 18.2 Å². The highest BCUT2D eigenvalue weighted by Gasteiger charge is 2.12. The van der Waals surface area contributed by atoms with Gasteiger partial charge in [0.15, 0.2) is 0 Å². The van der Waals surface area contributed by atoms with Gasteiger partial charge in [0.25, 0.3) is 11.8 Å². The molecule has 0 aliphatic carbocycles. The topological polar surface area (TPSA) is 80.3 Å². The number of nitrogens with zero attached hydrogens (tertiary/aromatic N) is 1. The van der Waals surface area contributed by atoms with Crippen LogP contribution in [0.1, 0.15) is 20.7 Å². The SMILES string of the molecule is COCCNC(=O)c1cncc(C(=O)Nc2ccccc2F)c1. The molecule has 0 bridgehead atoms. The second-order valence-corrected chi connectivity index (χ2v) is 4.64. The maximum absolute atomic E-state index is 13.5. The molecule has 0 radical (unpaired) electrons. The lowest BCUT2D eigenvalue weighted by atomic mass is 10.2. The molecule has 0 atom stereocenters. The van der Waals surface area contributed by atoms with Crippen LogP contribution in [0.5, 0.6) is 0 Å². The Labute approximate surface area is 132 Å². The number of aromatic nitrogens is 1. The number of para-hydroxylation sites is 1. The quantitative estimate of drug-likeness (QED) is 0.797. The number of pyridine rings is 1. The predicted octanol–water partition coefficient (Wildman–Crippen LogP) is 1.85. The number of carbonyl (C=O) groups excluding carboxylic acids is 2. The van der Waals surface area contributed by atoms with Crippen molar-refractivity contribution >= 4 is 17.5 Å². The van der Waals surface area contributed by atoms with Gasteiger partial charge in [0.05, 0.1) is 23.4 Å². The lowest BCUT2D eigenvalue weighted by Crippen LogP contribution is -2.27. The molecule has 2 rings (SSSR count). The first-order valence-electron chi connectivity index (χ1n) is 6.90. The maximum atomic E-state index is 13.5. The van der Waals surface area contributed by atoms with E-state index >= 15 is 0 Å². The van der Waals surface area contributed by atoms with Crippen molar-refractivity contribution in [1.82, 2.24) is 10.3 Å². The fourth-order valence-electron chi connectivity index (χ4n) is 1.81. The van der Waals surface area contributed by atoms with E-state index in [-0.39, 0.29) is 22.7 Å². The van der Waals surface area contributed by atoms with Crippen molar-refractivity contribution in [1.29, 1.82) is 0 Å². The fraction of sp³-hybridized carbons (Fsp3) is 0.188. The van der Waals surface area contributed by atoms with Crippen LogP contribution in [-0.2, 0) is 4.74 Å². The minimum absolute atomic E-state index is 0.0625. The second kappa shape index (κ2) is 8.00. The average Bonchev–Trinajstić information content (AvgIpc) is 2.57. The molecule has 1 aromatic carbocycles. The Hall–Kier alpha value is -2.80. The van der Waals surface area contributed by atoms with Crippen LogP contribution in [0.4, 0.5) is 10.1 Å². The van der Waals surface area contributed by atoms with Crippen molar-refractivity contribution in [2.75, 3.05) is 25.6 Å². The average molecular weight is 317 g/mol. The third-order valence-electron chi connectivity index (χ3n) is 2.98. The number of methoxy groups -OCH3 is 1. The molecule has 120 valence electrons. The van der Waals surface area contributed by atoms with E-state index in [0.29, 0.717) is 13.2 Å². The third-order valence-corrected chi connectivity index (χ3v) is 2.98. The van der Waals surface area contributed by atoms with E-state index in [1.165, 1.54) is 43.8 Å². The van der Waals surface area contributed by atoms with Crippen molar-refractivity contribution in [2.45, 2.75) is 0 Å². The van der Waals surface area contributed by atoms with Crippen LogP contribution in [0, 0.1) is 5.82 Å². The van der Waals surface area contributed by atoms with Gasteiger partial charge in [0, 0.05) is 26.0 Å². The summed E-state index contributed by atoms with van der Waals surface area (Å²) in [6.07, 6.45) is 2.66. The Morgan fingerprint density at radius 1 is 1.17 bits per heavy atom. The Kier molecular flexibility index (Phi) is 5.76. The van der Waals surface area contributed by atoms with Crippen LogP contribution in [-0.4, -0.2) is 37.1 Å². The summed E-state index contributed by atoms with van der Waals surface area (Å²) in [5, 5.41) is 5.07. The van der Waals surface area contributed by atoms with Crippen LogP contribution in [0.15, 0.2) is 42.7 Å². The van der Waals surface area contributed by atoms with E-state index in [0.717, 1.165) is 0 Å². The number of hydrogen-bond acceptors (Lipinski definition) is 4. The molecule has 2 aromatic rings. The van der Waals surface area contributed by atoms with Gasteiger partial charge >= 0.3 is 0 Å². The van der Waals surface area contributed by atoms with Gasteiger partial charge < -0.3 is 15.4 Å². The number of amides is 2. The predicted molar refractivity (Wildman–Crippen MR) is 82.8 cm³/mol. The van der Waals surface area contributed by atoms with Gasteiger partial charge in [0.2, 0.25) is 0 Å².